The molecule has 1 atom stereocenters. The second-order valence-corrected chi connectivity index (χ2v) is 7.41. The molecule has 30 heavy (non-hydrogen) atoms. The van der Waals surface area contributed by atoms with Crippen molar-refractivity contribution in [1.29, 1.82) is 0 Å². The lowest BCUT2D eigenvalue weighted by atomic mass is 10.1. The maximum atomic E-state index is 12.7. The number of carbonyl (C=O) groups excluding carboxylic acids is 1. The molecule has 0 fully saturated rings. The monoisotopic (exact) mass is 400 g/mol. The highest BCUT2D eigenvalue weighted by atomic mass is 16.1. The lowest BCUT2D eigenvalue weighted by Gasteiger charge is -2.15. The van der Waals surface area contributed by atoms with Gasteiger partial charge in [-0.15, -0.1) is 0 Å². The van der Waals surface area contributed by atoms with Crippen molar-refractivity contribution in [1.82, 2.24) is 29.9 Å². The van der Waals surface area contributed by atoms with Crippen LogP contribution in [0.3, 0.4) is 0 Å². The molecule has 0 radical (unpaired) electrons. The third-order valence-corrected chi connectivity index (χ3v) is 5.08. The Morgan fingerprint density at radius 2 is 1.80 bits per heavy atom. The number of rotatable bonds is 6. The number of aryl methyl sites for hydroxylation is 2. The zero-order valence-corrected chi connectivity index (χ0v) is 17.3. The van der Waals surface area contributed by atoms with Crippen molar-refractivity contribution < 1.29 is 4.79 Å². The summed E-state index contributed by atoms with van der Waals surface area (Å²) in [5.41, 5.74) is 5.82. The molecule has 1 amide bonds. The SMILES string of the molecule is Cc1cc(C)n(Cc2ccc(C(=O)NC(C)c3ccc(-n4cncn4)cc3)cc2)n1. The van der Waals surface area contributed by atoms with Gasteiger partial charge in [0.15, 0.2) is 0 Å². The maximum Gasteiger partial charge on any atom is 0.251 e. The van der Waals surface area contributed by atoms with Gasteiger partial charge in [-0.2, -0.15) is 10.2 Å². The minimum Gasteiger partial charge on any atom is -0.346 e. The second kappa shape index (κ2) is 8.32. The van der Waals surface area contributed by atoms with Crippen LogP contribution >= 0.6 is 0 Å². The highest BCUT2D eigenvalue weighted by molar-refractivity contribution is 5.94. The van der Waals surface area contributed by atoms with Crippen LogP contribution in [0.15, 0.2) is 67.3 Å². The smallest absolute Gasteiger partial charge is 0.251 e. The molecule has 152 valence electrons. The Hall–Kier alpha value is -3.74. The maximum absolute atomic E-state index is 12.7. The standard InChI is InChI=1S/C23H24N6O/c1-16-12-17(2)28(27-16)13-19-4-6-21(7-5-19)23(30)26-18(3)20-8-10-22(11-9-20)29-15-24-14-25-29/h4-12,14-15,18H,13H2,1-3H3,(H,26,30). The summed E-state index contributed by atoms with van der Waals surface area (Å²) in [6.07, 6.45) is 3.15. The van der Waals surface area contributed by atoms with E-state index in [1.165, 1.54) is 6.33 Å². The fraction of sp³-hybridized carbons (Fsp3) is 0.217. The lowest BCUT2D eigenvalue weighted by molar-refractivity contribution is 0.0940. The van der Waals surface area contributed by atoms with E-state index in [4.69, 9.17) is 0 Å². The van der Waals surface area contributed by atoms with E-state index >= 15 is 0 Å². The number of amides is 1. The van der Waals surface area contributed by atoms with Crippen LogP contribution < -0.4 is 5.32 Å². The average molecular weight is 400 g/mol. The Labute approximate surface area is 175 Å². The molecule has 4 aromatic rings. The molecule has 0 saturated carbocycles. The van der Waals surface area contributed by atoms with Crippen LogP contribution in [-0.2, 0) is 6.54 Å². The predicted molar refractivity (Wildman–Crippen MR) is 114 cm³/mol. The molecule has 0 aliphatic carbocycles. The van der Waals surface area contributed by atoms with E-state index in [2.05, 4.69) is 26.6 Å². The summed E-state index contributed by atoms with van der Waals surface area (Å²) in [5, 5.41) is 11.7. The van der Waals surface area contributed by atoms with Gasteiger partial charge in [-0.05, 0) is 62.2 Å². The molecule has 0 aliphatic rings. The summed E-state index contributed by atoms with van der Waals surface area (Å²) in [5.74, 6) is -0.0967. The van der Waals surface area contributed by atoms with E-state index in [0.717, 1.165) is 28.2 Å². The van der Waals surface area contributed by atoms with Crippen LogP contribution in [0.5, 0.6) is 0 Å². The zero-order chi connectivity index (χ0) is 21.1. The Balaban J connectivity index is 1.39. The average Bonchev–Trinajstić information content (AvgIpc) is 3.38. The number of benzene rings is 2. The third kappa shape index (κ3) is 4.30. The molecule has 0 spiro atoms. The largest absolute Gasteiger partial charge is 0.346 e. The molecular formula is C23H24N6O. The quantitative estimate of drug-likeness (QED) is 0.536. The van der Waals surface area contributed by atoms with Crippen molar-refractivity contribution in [3.63, 3.8) is 0 Å². The summed E-state index contributed by atoms with van der Waals surface area (Å²) in [4.78, 5) is 16.6. The van der Waals surface area contributed by atoms with Crippen LogP contribution in [0.25, 0.3) is 5.69 Å². The fourth-order valence-electron chi connectivity index (χ4n) is 3.39. The van der Waals surface area contributed by atoms with Crippen molar-refractivity contribution in [3.8, 4) is 5.69 Å². The van der Waals surface area contributed by atoms with Gasteiger partial charge >= 0.3 is 0 Å². The van der Waals surface area contributed by atoms with Crippen molar-refractivity contribution in [2.24, 2.45) is 0 Å². The molecule has 1 unspecified atom stereocenters. The van der Waals surface area contributed by atoms with E-state index in [0.29, 0.717) is 12.1 Å². The van der Waals surface area contributed by atoms with Crippen LogP contribution in [0.1, 0.15) is 45.8 Å². The van der Waals surface area contributed by atoms with Gasteiger partial charge in [-0.1, -0.05) is 24.3 Å². The van der Waals surface area contributed by atoms with Crippen LogP contribution in [0.4, 0.5) is 0 Å². The molecule has 0 aliphatic heterocycles. The Morgan fingerprint density at radius 3 is 2.40 bits per heavy atom. The number of nitrogens with zero attached hydrogens (tertiary/aromatic N) is 5. The summed E-state index contributed by atoms with van der Waals surface area (Å²) in [6.45, 7) is 6.69. The number of hydrogen-bond acceptors (Lipinski definition) is 4. The summed E-state index contributed by atoms with van der Waals surface area (Å²) in [7, 11) is 0. The van der Waals surface area contributed by atoms with Gasteiger partial charge in [0.05, 0.1) is 24.0 Å². The van der Waals surface area contributed by atoms with Gasteiger partial charge in [0.25, 0.3) is 5.91 Å². The van der Waals surface area contributed by atoms with Crippen molar-refractivity contribution in [2.75, 3.05) is 0 Å². The Kier molecular flexibility index (Phi) is 5.43. The normalized spacial score (nSPS) is 12.0. The molecule has 0 saturated heterocycles. The first-order valence-corrected chi connectivity index (χ1v) is 9.85. The predicted octanol–water partition coefficient (Wildman–Crippen LogP) is 3.62. The van der Waals surface area contributed by atoms with Crippen LogP contribution in [0, 0.1) is 13.8 Å². The number of nitrogens with one attached hydrogen (secondary N) is 1. The molecule has 7 heteroatoms. The van der Waals surface area contributed by atoms with Crippen LogP contribution in [0.2, 0.25) is 0 Å². The molecule has 0 bridgehead atoms. The number of hydrogen-bond donors (Lipinski definition) is 1. The highest BCUT2D eigenvalue weighted by Gasteiger charge is 2.12. The highest BCUT2D eigenvalue weighted by Crippen LogP contribution is 2.16. The first-order valence-electron chi connectivity index (χ1n) is 9.85. The molecule has 4 rings (SSSR count). The van der Waals surface area contributed by atoms with Crippen molar-refractivity contribution in [2.45, 2.75) is 33.4 Å². The minimum absolute atomic E-state index is 0.0967. The lowest BCUT2D eigenvalue weighted by Crippen LogP contribution is -2.26. The molecule has 2 heterocycles. The van der Waals surface area contributed by atoms with Gasteiger partial charge in [0.1, 0.15) is 12.7 Å². The van der Waals surface area contributed by atoms with E-state index in [1.807, 2.05) is 74.0 Å². The first-order chi connectivity index (χ1) is 14.5. The van der Waals surface area contributed by atoms with E-state index in [9.17, 15) is 4.79 Å². The minimum atomic E-state index is -0.114. The van der Waals surface area contributed by atoms with E-state index in [-0.39, 0.29) is 11.9 Å². The first kappa shape index (κ1) is 19.6. The van der Waals surface area contributed by atoms with Gasteiger partial charge in [-0.25, -0.2) is 9.67 Å². The van der Waals surface area contributed by atoms with Gasteiger partial charge < -0.3 is 5.32 Å². The van der Waals surface area contributed by atoms with Gasteiger partial charge in [0, 0.05) is 11.3 Å². The summed E-state index contributed by atoms with van der Waals surface area (Å²) in [6, 6.07) is 17.5. The number of carbonyl (C=O) groups is 1. The van der Waals surface area contributed by atoms with Crippen molar-refractivity contribution >= 4 is 5.91 Å². The van der Waals surface area contributed by atoms with Crippen LogP contribution in [-0.4, -0.2) is 30.5 Å². The Morgan fingerprint density at radius 1 is 1.07 bits per heavy atom. The molecular weight excluding hydrogens is 376 g/mol. The zero-order valence-electron chi connectivity index (χ0n) is 17.3. The topological polar surface area (TPSA) is 77.6 Å². The van der Waals surface area contributed by atoms with Gasteiger partial charge in [0.2, 0.25) is 0 Å². The molecule has 2 aromatic heterocycles. The van der Waals surface area contributed by atoms with E-state index < -0.39 is 0 Å². The van der Waals surface area contributed by atoms with Gasteiger partial charge in [-0.3, -0.25) is 9.48 Å². The molecule has 2 aromatic carbocycles. The summed E-state index contributed by atoms with van der Waals surface area (Å²) >= 11 is 0. The molecule has 7 nitrogen and oxygen atoms in total. The molecule has 1 N–H and O–H groups in total. The number of aromatic nitrogens is 5. The Bertz CT molecular complexity index is 1130. The van der Waals surface area contributed by atoms with E-state index in [1.54, 1.807) is 11.0 Å². The summed E-state index contributed by atoms with van der Waals surface area (Å²) < 4.78 is 3.66. The second-order valence-electron chi connectivity index (χ2n) is 7.41. The third-order valence-electron chi connectivity index (χ3n) is 5.08. The van der Waals surface area contributed by atoms with Crippen molar-refractivity contribution in [3.05, 3.63) is 95.3 Å². The fourth-order valence-corrected chi connectivity index (χ4v) is 3.39.